The summed E-state index contributed by atoms with van der Waals surface area (Å²) in [6.07, 6.45) is 0. The summed E-state index contributed by atoms with van der Waals surface area (Å²) in [6, 6.07) is 0. The van der Waals surface area contributed by atoms with Crippen molar-refractivity contribution >= 4 is 23.5 Å². The molecule has 1 aromatic heterocycles. The Kier molecular flexibility index (Phi) is 4.26. The molecule has 0 amide bonds. The predicted molar refractivity (Wildman–Crippen MR) is 63.7 cm³/mol. The molecule has 6 nitrogen and oxygen atoms in total. The second-order valence-electron chi connectivity index (χ2n) is 3.62. The van der Waals surface area contributed by atoms with Crippen LogP contribution in [0, 0.1) is 0 Å². The molecule has 0 saturated heterocycles. The highest BCUT2D eigenvalue weighted by Crippen LogP contribution is 2.14. The van der Waals surface area contributed by atoms with Crippen LogP contribution < -0.4 is 10.6 Å². The first-order chi connectivity index (χ1) is 7.46. The average molecular weight is 246 g/mol. The second kappa shape index (κ2) is 5.27. The number of hydrogen-bond acceptors (Lipinski definition) is 6. The maximum absolute atomic E-state index is 5.77. The first kappa shape index (κ1) is 12.9. The van der Waals surface area contributed by atoms with Crippen LogP contribution in [0.1, 0.15) is 20.8 Å². The Morgan fingerprint density at radius 2 is 1.88 bits per heavy atom. The van der Waals surface area contributed by atoms with Crippen molar-refractivity contribution in [2.75, 3.05) is 24.3 Å². The topological polar surface area (TPSA) is 72.0 Å². The summed E-state index contributed by atoms with van der Waals surface area (Å²) in [5.41, 5.74) is -0.561. The fraction of sp³-hybridized carbons (Fsp3) is 0.667. The van der Waals surface area contributed by atoms with Crippen molar-refractivity contribution in [3.05, 3.63) is 5.28 Å². The molecular formula is C9H16ClN5O. The molecule has 1 heterocycles. The SMILES string of the molecule is CCNc1nc(Cl)nc(NC(C)(C)OC)n1. The van der Waals surface area contributed by atoms with Gasteiger partial charge < -0.3 is 15.4 Å². The summed E-state index contributed by atoms with van der Waals surface area (Å²) >= 11 is 5.77. The Morgan fingerprint density at radius 3 is 2.44 bits per heavy atom. The van der Waals surface area contributed by atoms with Gasteiger partial charge in [-0.25, -0.2) is 0 Å². The van der Waals surface area contributed by atoms with Crippen molar-refractivity contribution in [1.29, 1.82) is 0 Å². The third-order valence-electron chi connectivity index (χ3n) is 1.87. The summed E-state index contributed by atoms with van der Waals surface area (Å²) in [6.45, 7) is 6.38. The van der Waals surface area contributed by atoms with Crippen LogP contribution in [0.4, 0.5) is 11.9 Å². The molecule has 7 heteroatoms. The van der Waals surface area contributed by atoms with Crippen molar-refractivity contribution < 1.29 is 4.74 Å². The molecule has 1 aromatic rings. The molecule has 0 spiro atoms. The molecule has 0 aliphatic heterocycles. The third-order valence-corrected chi connectivity index (χ3v) is 2.04. The van der Waals surface area contributed by atoms with Gasteiger partial charge in [-0.1, -0.05) is 0 Å². The van der Waals surface area contributed by atoms with E-state index in [1.54, 1.807) is 7.11 Å². The van der Waals surface area contributed by atoms with E-state index in [-0.39, 0.29) is 5.28 Å². The molecule has 90 valence electrons. The number of methoxy groups -OCH3 is 1. The lowest BCUT2D eigenvalue weighted by molar-refractivity contribution is 0.0472. The molecular weight excluding hydrogens is 230 g/mol. The zero-order chi connectivity index (χ0) is 12.2. The molecule has 0 aliphatic carbocycles. The Balaban J connectivity index is 2.87. The van der Waals surface area contributed by atoms with E-state index in [9.17, 15) is 0 Å². The minimum atomic E-state index is -0.561. The molecule has 0 saturated carbocycles. The zero-order valence-corrected chi connectivity index (χ0v) is 10.6. The third kappa shape index (κ3) is 3.79. The zero-order valence-electron chi connectivity index (χ0n) is 9.83. The number of rotatable bonds is 5. The number of nitrogens with one attached hydrogen (secondary N) is 2. The van der Waals surface area contributed by atoms with Crippen LogP contribution in [0.3, 0.4) is 0 Å². The Morgan fingerprint density at radius 1 is 1.25 bits per heavy atom. The van der Waals surface area contributed by atoms with Gasteiger partial charge in [-0.05, 0) is 32.4 Å². The van der Waals surface area contributed by atoms with E-state index in [0.717, 1.165) is 0 Å². The number of nitrogens with zero attached hydrogens (tertiary/aromatic N) is 3. The van der Waals surface area contributed by atoms with Gasteiger partial charge in [0, 0.05) is 13.7 Å². The van der Waals surface area contributed by atoms with Crippen LogP contribution in [0.5, 0.6) is 0 Å². The van der Waals surface area contributed by atoms with Crippen molar-refractivity contribution in [2.45, 2.75) is 26.5 Å². The fourth-order valence-corrected chi connectivity index (χ4v) is 1.12. The first-order valence-corrected chi connectivity index (χ1v) is 5.33. The van der Waals surface area contributed by atoms with Gasteiger partial charge in [0.2, 0.25) is 17.2 Å². The summed E-state index contributed by atoms with van der Waals surface area (Å²) in [5.74, 6) is 0.819. The van der Waals surface area contributed by atoms with E-state index < -0.39 is 5.72 Å². The highest BCUT2D eigenvalue weighted by atomic mass is 35.5. The number of ether oxygens (including phenoxy) is 1. The van der Waals surface area contributed by atoms with E-state index in [0.29, 0.717) is 18.4 Å². The van der Waals surface area contributed by atoms with Gasteiger partial charge >= 0.3 is 0 Å². The van der Waals surface area contributed by atoms with Gasteiger partial charge in [-0.15, -0.1) is 0 Å². The lowest BCUT2D eigenvalue weighted by atomic mass is 10.3. The monoisotopic (exact) mass is 245 g/mol. The Labute approximate surface area is 99.8 Å². The predicted octanol–water partition coefficient (Wildman–Crippen LogP) is 1.75. The van der Waals surface area contributed by atoms with Crippen LogP contribution in [-0.2, 0) is 4.74 Å². The number of aromatic nitrogens is 3. The highest BCUT2D eigenvalue weighted by molar-refractivity contribution is 6.28. The second-order valence-corrected chi connectivity index (χ2v) is 3.96. The number of hydrogen-bond donors (Lipinski definition) is 2. The molecule has 16 heavy (non-hydrogen) atoms. The van der Waals surface area contributed by atoms with Crippen molar-refractivity contribution in [3.8, 4) is 0 Å². The van der Waals surface area contributed by atoms with Gasteiger partial charge in [0.1, 0.15) is 5.72 Å². The van der Waals surface area contributed by atoms with Crippen LogP contribution >= 0.6 is 11.6 Å². The largest absolute Gasteiger partial charge is 0.360 e. The molecule has 1 rings (SSSR count). The summed E-state index contributed by atoms with van der Waals surface area (Å²) in [7, 11) is 1.60. The van der Waals surface area contributed by atoms with E-state index in [1.807, 2.05) is 20.8 Å². The van der Waals surface area contributed by atoms with Gasteiger partial charge in [0.05, 0.1) is 0 Å². The Bertz CT molecular complexity index is 358. The van der Waals surface area contributed by atoms with Gasteiger partial charge in [0.25, 0.3) is 0 Å². The maximum Gasteiger partial charge on any atom is 0.231 e. The quantitative estimate of drug-likeness (QED) is 0.770. The van der Waals surface area contributed by atoms with Crippen molar-refractivity contribution in [2.24, 2.45) is 0 Å². The van der Waals surface area contributed by atoms with E-state index >= 15 is 0 Å². The van der Waals surface area contributed by atoms with Crippen LogP contribution in [-0.4, -0.2) is 34.3 Å². The normalized spacial score (nSPS) is 11.3. The fourth-order valence-electron chi connectivity index (χ4n) is 0.963. The summed E-state index contributed by atoms with van der Waals surface area (Å²) in [4.78, 5) is 12.0. The minimum Gasteiger partial charge on any atom is -0.360 e. The molecule has 2 N–H and O–H groups in total. The molecule has 0 atom stereocenters. The van der Waals surface area contributed by atoms with Gasteiger partial charge in [-0.3, -0.25) is 0 Å². The van der Waals surface area contributed by atoms with Crippen molar-refractivity contribution in [1.82, 2.24) is 15.0 Å². The van der Waals surface area contributed by atoms with E-state index in [1.165, 1.54) is 0 Å². The van der Waals surface area contributed by atoms with Gasteiger partial charge in [-0.2, -0.15) is 15.0 Å². The standard InChI is InChI=1S/C9H16ClN5O/c1-5-11-7-12-6(10)13-8(14-7)15-9(2,3)16-4/h5H2,1-4H3,(H2,11,12,13,14,15). The summed E-state index contributed by atoms with van der Waals surface area (Å²) in [5, 5.41) is 6.10. The van der Waals surface area contributed by atoms with E-state index in [2.05, 4.69) is 25.6 Å². The molecule has 0 aromatic carbocycles. The minimum absolute atomic E-state index is 0.139. The number of anilines is 2. The lowest BCUT2D eigenvalue weighted by Crippen LogP contribution is -2.33. The van der Waals surface area contributed by atoms with Crippen molar-refractivity contribution in [3.63, 3.8) is 0 Å². The van der Waals surface area contributed by atoms with Crippen LogP contribution in [0.15, 0.2) is 0 Å². The van der Waals surface area contributed by atoms with E-state index in [4.69, 9.17) is 16.3 Å². The van der Waals surface area contributed by atoms with Crippen LogP contribution in [0.25, 0.3) is 0 Å². The maximum atomic E-state index is 5.77. The number of halogens is 1. The molecule has 0 aliphatic rings. The molecule has 0 bridgehead atoms. The van der Waals surface area contributed by atoms with Crippen LogP contribution in [0.2, 0.25) is 5.28 Å². The van der Waals surface area contributed by atoms with Gasteiger partial charge in [0.15, 0.2) is 0 Å². The summed E-state index contributed by atoms with van der Waals surface area (Å²) < 4.78 is 5.21. The molecule has 0 radical (unpaired) electrons. The highest BCUT2D eigenvalue weighted by Gasteiger charge is 2.17. The lowest BCUT2D eigenvalue weighted by Gasteiger charge is -2.24. The average Bonchev–Trinajstić information content (AvgIpc) is 2.16. The molecule has 0 unspecified atom stereocenters. The molecule has 0 fully saturated rings. The first-order valence-electron chi connectivity index (χ1n) is 4.95. The Hall–Kier alpha value is -1.14. The smallest absolute Gasteiger partial charge is 0.231 e.